The molecule has 2 aromatic rings. The predicted octanol–water partition coefficient (Wildman–Crippen LogP) is 4.44. The van der Waals surface area contributed by atoms with Crippen LogP contribution in [0.5, 0.6) is 0 Å². The fourth-order valence-electron chi connectivity index (χ4n) is 2.00. The lowest BCUT2D eigenvalue weighted by molar-refractivity contribution is 0.520. The molecular weight excluding hydrogens is 245 g/mol. The lowest BCUT2D eigenvalue weighted by Crippen LogP contribution is -2.19. The molecule has 18 heavy (non-hydrogen) atoms. The van der Waals surface area contributed by atoms with Crippen LogP contribution < -0.4 is 5.32 Å². The van der Waals surface area contributed by atoms with Gasteiger partial charge in [0.25, 0.3) is 0 Å². The van der Waals surface area contributed by atoms with Crippen molar-refractivity contribution in [1.29, 1.82) is 0 Å². The molecule has 0 spiro atoms. The summed E-state index contributed by atoms with van der Waals surface area (Å²) in [5.74, 6) is -0.178. The standard InChI is InChI=1S/C15H18FNS/c1-3-15(12-5-7-13(16)8-6-12)17-10-14-9-4-11(2)18-14/h4-9,15,17H,3,10H2,1-2H3. The first-order chi connectivity index (χ1) is 8.69. The van der Waals surface area contributed by atoms with Crippen molar-refractivity contribution < 1.29 is 4.39 Å². The molecular formula is C15H18FNS. The highest BCUT2D eigenvalue weighted by atomic mass is 32.1. The van der Waals surface area contributed by atoms with Gasteiger partial charge in [0.1, 0.15) is 5.82 Å². The van der Waals surface area contributed by atoms with Crippen LogP contribution in [0.2, 0.25) is 0 Å². The minimum Gasteiger partial charge on any atom is -0.305 e. The van der Waals surface area contributed by atoms with Gasteiger partial charge in [-0.2, -0.15) is 0 Å². The molecule has 0 saturated heterocycles. The van der Waals surface area contributed by atoms with Crippen LogP contribution in [-0.4, -0.2) is 0 Å². The Bertz CT molecular complexity index is 489. The third-order valence-corrected chi connectivity index (χ3v) is 4.00. The summed E-state index contributed by atoms with van der Waals surface area (Å²) in [6, 6.07) is 11.3. The smallest absolute Gasteiger partial charge is 0.123 e. The van der Waals surface area contributed by atoms with Gasteiger partial charge in [0.2, 0.25) is 0 Å². The molecule has 1 atom stereocenters. The highest BCUT2D eigenvalue weighted by Gasteiger charge is 2.09. The molecule has 0 fully saturated rings. The summed E-state index contributed by atoms with van der Waals surface area (Å²) in [6.07, 6.45) is 0.996. The van der Waals surface area contributed by atoms with Crippen LogP contribution in [0.1, 0.15) is 34.7 Å². The van der Waals surface area contributed by atoms with Gasteiger partial charge < -0.3 is 5.32 Å². The fourth-order valence-corrected chi connectivity index (χ4v) is 2.84. The average molecular weight is 263 g/mol. The number of hydrogen-bond acceptors (Lipinski definition) is 2. The van der Waals surface area contributed by atoms with Crippen LogP contribution in [0, 0.1) is 12.7 Å². The Morgan fingerprint density at radius 3 is 2.44 bits per heavy atom. The predicted molar refractivity (Wildman–Crippen MR) is 75.3 cm³/mol. The van der Waals surface area contributed by atoms with Crippen molar-refractivity contribution >= 4 is 11.3 Å². The Kier molecular flexibility index (Phi) is 4.50. The Hall–Kier alpha value is -1.19. The lowest BCUT2D eigenvalue weighted by atomic mass is 10.0. The summed E-state index contributed by atoms with van der Waals surface area (Å²) in [5, 5.41) is 3.52. The Labute approximate surface area is 112 Å². The molecule has 1 unspecified atom stereocenters. The van der Waals surface area contributed by atoms with Crippen molar-refractivity contribution in [3.05, 3.63) is 57.5 Å². The number of halogens is 1. The molecule has 0 bridgehead atoms. The van der Waals surface area contributed by atoms with E-state index in [4.69, 9.17) is 0 Å². The number of rotatable bonds is 5. The highest BCUT2D eigenvalue weighted by molar-refractivity contribution is 7.11. The lowest BCUT2D eigenvalue weighted by Gasteiger charge is -2.16. The van der Waals surface area contributed by atoms with Crippen LogP contribution in [0.4, 0.5) is 4.39 Å². The largest absolute Gasteiger partial charge is 0.305 e. The van der Waals surface area contributed by atoms with Crippen LogP contribution >= 0.6 is 11.3 Å². The first kappa shape index (κ1) is 13.2. The van der Waals surface area contributed by atoms with Crippen LogP contribution in [0.25, 0.3) is 0 Å². The molecule has 1 N–H and O–H groups in total. The van der Waals surface area contributed by atoms with Crippen LogP contribution in [-0.2, 0) is 6.54 Å². The van der Waals surface area contributed by atoms with Gasteiger partial charge in [-0.3, -0.25) is 0 Å². The van der Waals surface area contributed by atoms with E-state index in [-0.39, 0.29) is 11.9 Å². The normalized spacial score (nSPS) is 12.6. The van der Waals surface area contributed by atoms with Crippen molar-refractivity contribution in [2.45, 2.75) is 32.9 Å². The minimum absolute atomic E-state index is 0.178. The summed E-state index contributed by atoms with van der Waals surface area (Å²) in [5.41, 5.74) is 1.15. The quantitative estimate of drug-likeness (QED) is 0.841. The molecule has 1 aromatic heterocycles. The van der Waals surface area contributed by atoms with Gasteiger partial charge in [-0.25, -0.2) is 4.39 Å². The maximum Gasteiger partial charge on any atom is 0.123 e. The van der Waals surface area contributed by atoms with Crippen LogP contribution in [0.15, 0.2) is 36.4 Å². The summed E-state index contributed by atoms with van der Waals surface area (Å²) in [4.78, 5) is 2.68. The zero-order chi connectivity index (χ0) is 13.0. The van der Waals surface area contributed by atoms with Crippen molar-refractivity contribution in [1.82, 2.24) is 5.32 Å². The van der Waals surface area contributed by atoms with Gasteiger partial charge in [-0.15, -0.1) is 11.3 Å². The topological polar surface area (TPSA) is 12.0 Å². The van der Waals surface area contributed by atoms with E-state index in [1.54, 1.807) is 0 Å². The van der Waals surface area contributed by atoms with Crippen LogP contribution in [0.3, 0.4) is 0 Å². The Balaban J connectivity index is 1.99. The maximum absolute atomic E-state index is 12.9. The van der Waals surface area contributed by atoms with Gasteiger partial charge in [0.15, 0.2) is 0 Å². The monoisotopic (exact) mass is 263 g/mol. The van der Waals surface area contributed by atoms with Crippen molar-refractivity contribution in [2.75, 3.05) is 0 Å². The third-order valence-electron chi connectivity index (χ3n) is 3.00. The molecule has 2 rings (SSSR count). The van der Waals surface area contributed by atoms with Crippen molar-refractivity contribution in [3.8, 4) is 0 Å². The van der Waals surface area contributed by atoms with E-state index in [9.17, 15) is 4.39 Å². The van der Waals surface area contributed by atoms with E-state index in [2.05, 4.69) is 31.3 Å². The summed E-state index contributed by atoms with van der Waals surface area (Å²) < 4.78 is 12.9. The molecule has 96 valence electrons. The maximum atomic E-state index is 12.9. The number of nitrogens with one attached hydrogen (secondary N) is 1. The van der Waals surface area contributed by atoms with E-state index >= 15 is 0 Å². The number of aryl methyl sites for hydroxylation is 1. The molecule has 1 aromatic carbocycles. The molecule has 0 aliphatic carbocycles. The second-order valence-corrected chi connectivity index (χ2v) is 5.78. The van der Waals surface area contributed by atoms with Gasteiger partial charge >= 0.3 is 0 Å². The molecule has 1 heterocycles. The second-order valence-electron chi connectivity index (χ2n) is 4.41. The van der Waals surface area contributed by atoms with Gasteiger partial charge in [-0.1, -0.05) is 19.1 Å². The zero-order valence-corrected chi connectivity index (χ0v) is 11.6. The van der Waals surface area contributed by atoms with Crippen molar-refractivity contribution in [3.63, 3.8) is 0 Å². The number of benzene rings is 1. The summed E-state index contributed by atoms with van der Waals surface area (Å²) in [7, 11) is 0. The molecule has 0 amide bonds. The van der Waals surface area contributed by atoms with E-state index in [0.29, 0.717) is 0 Å². The first-order valence-electron chi connectivity index (χ1n) is 6.23. The average Bonchev–Trinajstić information content (AvgIpc) is 2.78. The SMILES string of the molecule is CCC(NCc1ccc(C)s1)c1ccc(F)cc1. The third kappa shape index (κ3) is 3.40. The van der Waals surface area contributed by atoms with E-state index < -0.39 is 0 Å². The summed E-state index contributed by atoms with van der Waals surface area (Å²) in [6.45, 7) is 5.13. The van der Waals surface area contributed by atoms with E-state index in [1.807, 2.05) is 23.5 Å². The molecule has 0 saturated carbocycles. The van der Waals surface area contributed by atoms with Gasteiger partial charge in [0.05, 0.1) is 0 Å². The van der Waals surface area contributed by atoms with E-state index in [1.165, 1.54) is 21.9 Å². The van der Waals surface area contributed by atoms with Gasteiger partial charge in [-0.05, 0) is 43.2 Å². The summed E-state index contributed by atoms with van der Waals surface area (Å²) >= 11 is 1.82. The van der Waals surface area contributed by atoms with Crippen molar-refractivity contribution in [2.24, 2.45) is 0 Å². The molecule has 3 heteroatoms. The highest BCUT2D eigenvalue weighted by Crippen LogP contribution is 2.20. The fraction of sp³-hybridized carbons (Fsp3) is 0.333. The molecule has 0 aliphatic rings. The minimum atomic E-state index is -0.178. The molecule has 1 nitrogen and oxygen atoms in total. The van der Waals surface area contributed by atoms with Gasteiger partial charge in [0, 0.05) is 22.3 Å². The Morgan fingerprint density at radius 1 is 1.17 bits per heavy atom. The number of thiophene rings is 1. The van der Waals surface area contributed by atoms with E-state index in [0.717, 1.165) is 18.5 Å². The Morgan fingerprint density at radius 2 is 1.89 bits per heavy atom. The number of hydrogen-bond donors (Lipinski definition) is 1. The molecule has 0 aliphatic heterocycles. The second kappa shape index (κ2) is 6.12. The molecule has 0 radical (unpaired) electrons. The first-order valence-corrected chi connectivity index (χ1v) is 7.05. The zero-order valence-electron chi connectivity index (χ0n) is 10.7.